The molecule has 6 heteroatoms. The lowest BCUT2D eigenvalue weighted by atomic mass is 10.1. The zero-order chi connectivity index (χ0) is 20.2. The first-order chi connectivity index (χ1) is 14.2. The molecule has 0 bridgehead atoms. The van der Waals surface area contributed by atoms with Gasteiger partial charge < -0.3 is 14.2 Å². The minimum Gasteiger partial charge on any atom is -0.493 e. The number of benzene rings is 2. The van der Waals surface area contributed by atoms with Gasteiger partial charge in [-0.1, -0.05) is 23.7 Å². The number of halogens is 1. The molecule has 1 aliphatic heterocycles. The second kappa shape index (κ2) is 8.89. The van der Waals surface area contributed by atoms with Gasteiger partial charge in [0, 0.05) is 34.6 Å². The van der Waals surface area contributed by atoms with Gasteiger partial charge in [0.05, 0.1) is 25.4 Å². The fraction of sp³-hybridized carbons (Fsp3) is 0.348. The SMILES string of the molecule is COc1cc2nc(-c3ccc(Cl)cc3)cc(OCCN3CCCC3)c2cc1OC. The van der Waals surface area contributed by atoms with Crippen LogP contribution in [0.25, 0.3) is 22.2 Å². The van der Waals surface area contributed by atoms with Gasteiger partial charge in [-0.2, -0.15) is 0 Å². The number of ether oxygens (including phenoxy) is 3. The van der Waals surface area contributed by atoms with Crippen molar-refractivity contribution < 1.29 is 14.2 Å². The van der Waals surface area contributed by atoms with E-state index in [9.17, 15) is 0 Å². The molecule has 152 valence electrons. The van der Waals surface area contributed by atoms with E-state index in [0.29, 0.717) is 23.1 Å². The number of rotatable bonds is 7. The highest BCUT2D eigenvalue weighted by Crippen LogP contribution is 2.37. The van der Waals surface area contributed by atoms with E-state index in [4.69, 9.17) is 30.8 Å². The van der Waals surface area contributed by atoms with Crippen LogP contribution in [0.1, 0.15) is 12.8 Å². The van der Waals surface area contributed by atoms with E-state index in [-0.39, 0.29) is 0 Å². The molecule has 0 amide bonds. The van der Waals surface area contributed by atoms with Gasteiger partial charge >= 0.3 is 0 Å². The fourth-order valence-electron chi connectivity index (χ4n) is 3.70. The summed E-state index contributed by atoms with van der Waals surface area (Å²) in [5.41, 5.74) is 2.61. The highest BCUT2D eigenvalue weighted by Gasteiger charge is 2.15. The molecule has 3 aromatic rings. The molecule has 0 spiro atoms. The van der Waals surface area contributed by atoms with Crippen molar-refractivity contribution in [3.63, 3.8) is 0 Å². The van der Waals surface area contributed by atoms with Crippen LogP contribution in [0.4, 0.5) is 0 Å². The standard InChI is InChI=1S/C23H25ClN2O3/c1-27-22-13-18-20(15-23(22)28-2)25-19(16-5-7-17(24)8-6-16)14-21(18)29-12-11-26-9-3-4-10-26/h5-8,13-15H,3-4,9-12H2,1-2H3. The Balaban J connectivity index is 1.72. The van der Waals surface area contributed by atoms with Crippen molar-refractivity contribution in [2.24, 2.45) is 0 Å². The molecule has 1 aliphatic rings. The number of hydrogen-bond donors (Lipinski definition) is 0. The minimum atomic E-state index is 0.632. The molecule has 1 saturated heterocycles. The summed E-state index contributed by atoms with van der Waals surface area (Å²) in [5.74, 6) is 2.09. The zero-order valence-corrected chi connectivity index (χ0v) is 17.5. The lowest BCUT2D eigenvalue weighted by molar-refractivity contribution is 0.239. The molecule has 2 heterocycles. The Labute approximate surface area is 176 Å². The summed E-state index contributed by atoms with van der Waals surface area (Å²) in [6.45, 7) is 3.86. The molecule has 0 unspecified atom stereocenters. The van der Waals surface area contributed by atoms with E-state index >= 15 is 0 Å². The summed E-state index contributed by atoms with van der Waals surface area (Å²) < 4.78 is 17.2. The van der Waals surface area contributed by atoms with Gasteiger partial charge in [0.15, 0.2) is 11.5 Å². The summed E-state index contributed by atoms with van der Waals surface area (Å²) in [6, 6.07) is 13.5. The minimum absolute atomic E-state index is 0.632. The maximum atomic E-state index is 6.24. The highest BCUT2D eigenvalue weighted by molar-refractivity contribution is 6.30. The summed E-state index contributed by atoms with van der Waals surface area (Å²) in [7, 11) is 3.26. The third-order valence-electron chi connectivity index (χ3n) is 5.28. The molecular weight excluding hydrogens is 388 g/mol. The average Bonchev–Trinajstić information content (AvgIpc) is 3.26. The maximum absolute atomic E-state index is 6.24. The maximum Gasteiger partial charge on any atom is 0.162 e. The number of likely N-dealkylation sites (tertiary alicyclic amines) is 1. The predicted octanol–water partition coefficient (Wildman–Crippen LogP) is 5.05. The van der Waals surface area contributed by atoms with Crippen molar-refractivity contribution in [2.75, 3.05) is 40.5 Å². The molecule has 1 fully saturated rings. The van der Waals surface area contributed by atoms with Crippen molar-refractivity contribution in [1.29, 1.82) is 0 Å². The number of hydrogen-bond acceptors (Lipinski definition) is 5. The molecule has 0 atom stereocenters. The molecule has 5 nitrogen and oxygen atoms in total. The summed E-state index contributed by atoms with van der Waals surface area (Å²) in [4.78, 5) is 7.27. The number of nitrogens with zero attached hydrogens (tertiary/aromatic N) is 2. The molecule has 0 N–H and O–H groups in total. The van der Waals surface area contributed by atoms with Crippen LogP contribution in [0.2, 0.25) is 5.02 Å². The van der Waals surface area contributed by atoms with Crippen LogP contribution in [0.15, 0.2) is 42.5 Å². The molecule has 4 rings (SSSR count). The Morgan fingerprint density at radius 3 is 2.31 bits per heavy atom. The van der Waals surface area contributed by atoms with Gasteiger partial charge in [0.2, 0.25) is 0 Å². The lowest BCUT2D eigenvalue weighted by Gasteiger charge is -2.17. The number of methoxy groups -OCH3 is 2. The van der Waals surface area contributed by atoms with E-state index in [0.717, 1.165) is 47.5 Å². The Morgan fingerprint density at radius 1 is 0.931 bits per heavy atom. The van der Waals surface area contributed by atoms with Crippen molar-refractivity contribution >= 4 is 22.5 Å². The normalized spacial score (nSPS) is 14.3. The van der Waals surface area contributed by atoms with E-state index in [1.165, 1.54) is 12.8 Å². The van der Waals surface area contributed by atoms with Gasteiger partial charge in [0.25, 0.3) is 0 Å². The molecule has 0 radical (unpaired) electrons. The fourth-order valence-corrected chi connectivity index (χ4v) is 3.83. The highest BCUT2D eigenvalue weighted by atomic mass is 35.5. The van der Waals surface area contributed by atoms with E-state index < -0.39 is 0 Å². The van der Waals surface area contributed by atoms with Crippen LogP contribution in [-0.4, -0.2) is 50.3 Å². The number of fused-ring (bicyclic) bond motifs is 1. The van der Waals surface area contributed by atoms with Crippen LogP contribution < -0.4 is 14.2 Å². The van der Waals surface area contributed by atoms with E-state index in [1.807, 2.05) is 42.5 Å². The van der Waals surface area contributed by atoms with Gasteiger partial charge in [-0.05, 0) is 44.1 Å². The van der Waals surface area contributed by atoms with Crippen molar-refractivity contribution in [2.45, 2.75) is 12.8 Å². The van der Waals surface area contributed by atoms with Crippen molar-refractivity contribution in [3.8, 4) is 28.5 Å². The molecular formula is C23H25ClN2O3. The van der Waals surface area contributed by atoms with Gasteiger partial charge in [0.1, 0.15) is 12.4 Å². The third kappa shape index (κ3) is 4.41. The van der Waals surface area contributed by atoms with Crippen LogP contribution >= 0.6 is 11.6 Å². The van der Waals surface area contributed by atoms with Crippen LogP contribution in [-0.2, 0) is 0 Å². The number of aromatic nitrogens is 1. The molecule has 0 saturated carbocycles. The average molecular weight is 413 g/mol. The van der Waals surface area contributed by atoms with Gasteiger partial charge in [-0.3, -0.25) is 4.90 Å². The summed E-state index contributed by atoms with van der Waals surface area (Å²) >= 11 is 6.05. The summed E-state index contributed by atoms with van der Waals surface area (Å²) in [5, 5.41) is 1.60. The molecule has 29 heavy (non-hydrogen) atoms. The molecule has 0 aliphatic carbocycles. The Morgan fingerprint density at radius 2 is 1.62 bits per heavy atom. The Hall–Kier alpha value is -2.50. The quantitative estimate of drug-likeness (QED) is 0.543. The summed E-state index contributed by atoms with van der Waals surface area (Å²) in [6.07, 6.45) is 2.55. The largest absolute Gasteiger partial charge is 0.493 e. The predicted molar refractivity (Wildman–Crippen MR) is 116 cm³/mol. The van der Waals surface area contributed by atoms with Crippen molar-refractivity contribution in [1.82, 2.24) is 9.88 Å². The number of pyridine rings is 1. The third-order valence-corrected chi connectivity index (χ3v) is 5.53. The first-order valence-electron chi connectivity index (χ1n) is 9.86. The second-order valence-corrected chi connectivity index (χ2v) is 7.57. The first-order valence-corrected chi connectivity index (χ1v) is 10.2. The van der Waals surface area contributed by atoms with Crippen LogP contribution in [0.3, 0.4) is 0 Å². The monoisotopic (exact) mass is 412 g/mol. The topological polar surface area (TPSA) is 43.8 Å². The van der Waals surface area contributed by atoms with Gasteiger partial charge in [-0.25, -0.2) is 4.98 Å². The van der Waals surface area contributed by atoms with Crippen LogP contribution in [0.5, 0.6) is 17.2 Å². The lowest BCUT2D eigenvalue weighted by Crippen LogP contribution is -2.25. The molecule has 2 aromatic carbocycles. The van der Waals surface area contributed by atoms with Crippen molar-refractivity contribution in [3.05, 3.63) is 47.5 Å². The Bertz CT molecular complexity index is 986. The van der Waals surface area contributed by atoms with Gasteiger partial charge in [-0.15, -0.1) is 0 Å². The second-order valence-electron chi connectivity index (χ2n) is 7.13. The van der Waals surface area contributed by atoms with E-state index in [2.05, 4.69) is 4.90 Å². The smallest absolute Gasteiger partial charge is 0.162 e. The Kier molecular flexibility index (Phi) is 6.07. The zero-order valence-electron chi connectivity index (χ0n) is 16.8. The van der Waals surface area contributed by atoms with Crippen LogP contribution in [0, 0.1) is 0 Å². The first kappa shape index (κ1) is 19.8. The molecule has 1 aromatic heterocycles. The van der Waals surface area contributed by atoms with E-state index in [1.54, 1.807) is 14.2 Å².